The summed E-state index contributed by atoms with van der Waals surface area (Å²) in [7, 11) is 0. The Morgan fingerprint density at radius 3 is 2.58 bits per heavy atom. The molecule has 0 N–H and O–H groups in total. The van der Waals surface area contributed by atoms with Gasteiger partial charge in [0, 0.05) is 19.3 Å². The number of carbonyl (C=O) groups excluding carboxylic acids is 1. The van der Waals surface area contributed by atoms with Gasteiger partial charge in [0.15, 0.2) is 5.54 Å². The summed E-state index contributed by atoms with van der Waals surface area (Å²) in [6.07, 6.45) is 5.41. The molecule has 1 amide bonds. The minimum atomic E-state index is -0.876. The van der Waals surface area contributed by atoms with Gasteiger partial charge >= 0.3 is 0 Å². The van der Waals surface area contributed by atoms with Crippen LogP contribution in [0.2, 0.25) is 0 Å². The molecule has 19 heavy (non-hydrogen) atoms. The quantitative estimate of drug-likeness (QED) is 0.802. The van der Waals surface area contributed by atoms with Crippen LogP contribution in [0, 0.1) is 0 Å². The molecule has 1 unspecified atom stereocenters. The summed E-state index contributed by atoms with van der Waals surface area (Å²) in [5, 5.41) is 0. The van der Waals surface area contributed by atoms with E-state index in [-0.39, 0.29) is 5.91 Å². The molecule has 2 aliphatic heterocycles. The van der Waals surface area contributed by atoms with Gasteiger partial charge in [0.25, 0.3) is 5.91 Å². The molecular weight excluding hydrogens is 240 g/mol. The fourth-order valence-electron chi connectivity index (χ4n) is 2.51. The third-order valence-electron chi connectivity index (χ3n) is 3.54. The van der Waals surface area contributed by atoms with Gasteiger partial charge in [-0.05, 0) is 17.7 Å². The maximum atomic E-state index is 12.8. The SMILES string of the molecule is O=C(N1CCOCC1)C1(c2ccccc2)C=CC=N1. The zero-order chi connectivity index (χ0) is 13.1. The van der Waals surface area contributed by atoms with Gasteiger partial charge in [0.2, 0.25) is 0 Å². The van der Waals surface area contributed by atoms with Crippen LogP contribution in [0.15, 0.2) is 47.5 Å². The van der Waals surface area contributed by atoms with Gasteiger partial charge in [-0.2, -0.15) is 0 Å². The monoisotopic (exact) mass is 256 g/mol. The number of benzene rings is 1. The van der Waals surface area contributed by atoms with Crippen molar-refractivity contribution in [3.05, 3.63) is 48.0 Å². The second-order valence-corrected chi connectivity index (χ2v) is 4.67. The summed E-state index contributed by atoms with van der Waals surface area (Å²) in [5.74, 6) is 0.0343. The first kappa shape index (κ1) is 12.1. The van der Waals surface area contributed by atoms with Crippen LogP contribution >= 0.6 is 0 Å². The van der Waals surface area contributed by atoms with Gasteiger partial charge < -0.3 is 9.64 Å². The molecule has 1 aromatic carbocycles. The molecule has 1 saturated heterocycles. The molecule has 1 atom stereocenters. The van der Waals surface area contributed by atoms with Gasteiger partial charge in [-0.25, -0.2) is 0 Å². The van der Waals surface area contributed by atoms with Gasteiger partial charge in [-0.1, -0.05) is 30.3 Å². The highest BCUT2D eigenvalue weighted by molar-refractivity contribution is 5.95. The van der Waals surface area contributed by atoms with E-state index in [4.69, 9.17) is 4.74 Å². The molecule has 4 nitrogen and oxygen atoms in total. The first-order valence-electron chi connectivity index (χ1n) is 6.49. The highest BCUT2D eigenvalue weighted by Gasteiger charge is 2.41. The Morgan fingerprint density at radius 1 is 1.21 bits per heavy atom. The topological polar surface area (TPSA) is 41.9 Å². The van der Waals surface area contributed by atoms with Crippen molar-refractivity contribution in [2.24, 2.45) is 4.99 Å². The molecule has 2 heterocycles. The Kier molecular flexibility index (Phi) is 3.17. The summed E-state index contributed by atoms with van der Waals surface area (Å²) in [4.78, 5) is 19.1. The van der Waals surface area contributed by atoms with Crippen molar-refractivity contribution < 1.29 is 9.53 Å². The second-order valence-electron chi connectivity index (χ2n) is 4.67. The molecule has 2 aliphatic rings. The van der Waals surface area contributed by atoms with Crippen LogP contribution in [0.1, 0.15) is 5.56 Å². The molecule has 0 saturated carbocycles. The van der Waals surface area contributed by atoms with Crippen molar-refractivity contribution in [1.82, 2.24) is 4.90 Å². The average molecular weight is 256 g/mol. The number of rotatable bonds is 2. The molecule has 0 aliphatic carbocycles. The minimum Gasteiger partial charge on any atom is -0.378 e. The van der Waals surface area contributed by atoms with Crippen molar-refractivity contribution in [2.75, 3.05) is 26.3 Å². The molecule has 0 radical (unpaired) electrons. The highest BCUT2D eigenvalue weighted by Crippen LogP contribution is 2.32. The van der Waals surface area contributed by atoms with E-state index in [1.54, 1.807) is 6.21 Å². The number of aliphatic imine (C=N–C) groups is 1. The van der Waals surface area contributed by atoms with E-state index in [1.165, 1.54) is 0 Å². The van der Waals surface area contributed by atoms with E-state index in [9.17, 15) is 4.79 Å². The Morgan fingerprint density at radius 2 is 1.95 bits per heavy atom. The third-order valence-corrected chi connectivity index (χ3v) is 3.54. The van der Waals surface area contributed by atoms with Gasteiger partial charge in [-0.15, -0.1) is 0 Å². The first-order chi connectivity index (χ1) is 9.33. The molecule has 1 aromatic rings. The maximum Gasteiger partial charge on any atom is 0.259 e. The summed E-state index contributed by atoms with van der Waals surface area (Å²) in [6, 6.07) is 9.71. The lowest BCUT2D eigenvalue weighted by Gasteiger charge is -2.34. The molecule has 98 valence electrons. The van der Waals surface area contributed by atoms with Crippen LogP contribution in [0.3, 0.4) is 0 Å². The predicted molar refractivity (Wildman–Crippen MR) is 73.2 cm³/mol. The minimum absolute atomic E-state index is 0.0343. The first-order valence-corrected chi connectivity index (χ1v) is 6.49. The average Bonchev–Trinajstić information content (AvgIpc) is 2.99. The largest absolute Gasteiger partial charge is 0.378 e. The number of carbonyl (C=O) groups is 1. The van der Waals surface area contributed by atoms with Gasteiger partial charge in [0.05, 0.1) is 13.2 Å². The predicted octanol–water partition coefficient (Wildman–Crippen LogP) is 1.38. The van der Waals surface area contributed by atoms with Crippen molar-refractivity contribution in [2.45, 2.75) is 5.54 Å². The maximum absolute atomic E-state index is 12.8. The lowest BCUT2D eigenvalue weighted by molar-refractivity contribution is -0.139. The van der Waals surface area contributed by atoms with E-state index in [2.05, 4.69) is 4.99 Å². The van der Waals surface area contributed by atoms with Crippen molar-refractivity contribution >= 4 is 12.1 Å². The van der Waals surface area contributed by atoms with E-state index >= 15 is 0 Å². The Bertz CT molecular complexity index is 504. The second kappa shape index (κ2) is 4.97. The highest BCUT2D eigenvalue weighted by atomic mass is 16.5. The van der Waals surface area contributed by atoms with Crippen LogP contribution in [0.5, 0.6) is 0 Å². The Hall–Kier alpha value is -1.94. The van der Waals surface area contributed by atoms with Crippen LogP contribution in [0.4, 0.5) is 0 Å². The molecule has 3 rings (SSSR count). The van der Waals surface area contributed by atoms with E-state index in [0.717, 1.165) is 5.56 Å². The van der Waals surface area contributed by atoms with Crippen molar-refractivity contribution in [3.63, 3.8) is 0 Å². The number of amides is 1. The van der Waals surface area contributed by atoms with Crippen molar-refractivity contribution in [3.8, 4) is 0 Å². The third kappa shape index (κ3) is 2.08. The number of morpholine rings is 1. The zero-order valence-electron chi connectivity index (χ0n) is 10.7. The lowest BCUT2D eigenvalue weighted by Crippen LogP contribution is -2.49. The fourth-order valence-corrected chi connectivity index (χ4v) is 2.51. The fraction of sp³-hybridized carbons (Fsp3) is 0.333. The van der Waals surface area contributed by atoms with Crippen LogP contribution in [-0.4, -0.2) is 43.3 Å². The van der Waals surface area contributed by atoms with E-state index in [0.29, 0.717) is 26.3 Å². The molecule has 0 bridgehead atoms. The lowest BCUT2D eigenvalue weighted by atomic mass is 9.89. The number of hydrogen-bond acceptors (Lipinski definition) is 3. The number of allylic oxidation sites excluding steroid dienone is 1. The van der Waals surface area contributed by atoms with Crippen molar-refractivity contribution in [1.29, 1.82) is 0 Å². The Labute approximate surface area is 112 Å². The summed E-state index contributed by atoms with van der Waals surface area (Å²) >= 11 is 0. The molecule has 0 aromatic heterocycles. The van der Waals surface area contributed by atoms with Crippen LogP contribution < -0.4 is 0 Å². The number of hydrogen-bond donors (Lipinski definition) is 0. The zero-order valence-corrected chi connectivity index (χ0v) is 10.7. The molecule has 1 fully saturated rings. The molecule has 4 heteroatoms. The molecule has 0 spiro atoms. The van der Waals surface area contributed by atoms with Gasteiger partial charge in [-0.3, -0.25) is 9.79 Å². The number of nitrogens with zero attached hydrogens (tertiary/aromatic N) is 2. The standard InChI is InChI=1S/C15H16N2O2/c18-14(17-9-11-19-12-10-17)15(7-4-8-16-15)13-5-2-1-3-6-13/h1-8H,9-12H2. The summed E-state index contributed by atoms with van der Waals surface area (Å²) in [6.45, 7) is 2.47. The van der Waals surface area contributed by atoms with E-state index in [1.807, 2.05) is 47.4 Å². The van der Waals surface area contributed by atoms with Crippen LogP contribution in [0.25, 0.3) is 0 Å². The molecular formula is C15H16N2O2. The number of ether oxygens (including phenoxy) is 1. The van der Waals surface area contributed by atoms with Gasteiger partial charge in [0.1, 0.15) is 0 Å². The summed E-state index contributed by atoms with van der Waals surface area (Å²) < 4.78 is 5.30. The smallest absolute Gasteiger partial charge is 0.259 e. The summed E-state index contributed by atoms with van der Waals surface area (Å²) in [5.41, 5.74) is 0.0370. The van der Waals surface area contributed by atoms with E-state index < -0.39 is 5.54 Å². The normalized spacial score (nSPS) is 25.8. The Balaban J connectivity index is 1.95. The van der Waals surface area contributed by atoms with Crippen LogP contribution in [-0.2, 0) is 15.1 Å².